The maximum Gasteiger partial charge on any atom is 0.273 e. The van der Waals surface area contributed by atoms with E-state index in [4.69, 9.17) is 0 Å². The van der Waals surface area contributed by atoms with Gasteiger partial charge in [0, 0.05) is 19.3 Å². The molecule has 4 atom stereocenters. The van der Waals surface area contributed by atoms with Crippen molar-refractivity contribution in [3.05, 3.63) is 16.4 Å². The number of aromatic nitrogens is 2. The standard InChI is InChI=1S/C14H20BrN3O/c1-8(11-6-9-3-4-10(11)5-9)16-14(19)13-12(15)7-18(2)17-13/h7-11H,3-6H2,1-2H3,(H,16,19). The molecule has 5 heteroatoms. The first-order valence-electron chi connectivity index (χ1n) is 7.04. The second-order valence-electron chi connectivity index (χ2n) is 6.10. The van der Waals surface area contributed by atoms with Crippen LogP contribution in [0.3, 0.4) is 0 Å². The molecule has 1 amide bonds. The van der Waals surface area contributed by atoms with Gasteiger partial charge in [-0.15, -0.1) is 0 Å². The summed E-state index contributed by atoms with van der Waals surface area (Å²) in [6.07, 6.45) is 7.21. The first kappa shape index (κ1) is 13.2. The molecular weight excluding hydrogens is 306 g/mol. The zero-order valence-electron chi connectivity index (χ0n) is 11.4. The van der Waals surface area contributed by atoms with Crippen LogP contribution in [-0.2, 0) is 7.05 Å². The third kappa shape index (κ3) is 2.45. The molecule has 4 nitrogen and oxygen atoms in total. The Morgan fingerprint density at radius 3 is 2.84 bits per heavy atom. The maximum absolute atomic E-state index is 12.2. The van der Waals surface area contributed by atoms with E-state index in [-0.39, 0.29) is 11.9 Å². The topological polar surface area (TPSA) is 46.9 Å². The molecule has 2 fully saturated rings. The van der Waals surface area contributed by atoms with Crippen molar-refractivity contribution in [2.24, 2.45) is 24.8 Å². The molecule has 0 aliphatic heterocycles. The molecule has 2 aliphatic rings. The van der Waals surface area contributed by atoms with Crippen molar-refractivity contribution in [1.82, 2.24) is 15.1 Å². The first-order chi connectivity index (χ1) is 9.04. The number of rotatable bonds is 3. The third-order valence-electron chi connectivity index (χ3n) is 4.79. The van der Waals surface area contributed by atoms with E-state index >= 15 is 0 Å². The average molecular weight is 326 g/mol. The fourth-order valence-corrected chi connectivity index (χ4v) is 4.46. The highest BCUT2D eigenvalue weighted by molar-refractivity contribution is 9.10. The smallest absolute Gasteiger partial charge is 0.273 e. The molecule has 4 unspecified atom stereocenters. The summed E-state index contributed by atoms with van der Waals surface area (Å²) in [4.78, 5) is 12.2. The Balaban J connectivity index is 1.65. The van der Waals surface area contributed by atoms with Crippen LogP contribution in [0.1, 0.15) is 43.1 Å². The monoisotopic (exact) mass is 325 g/mol. The quantitative estimate of drug-likeness (QED) is 0.928. The second-order valence-corrected chi connectivity index (χ2v) is 6.95. The molecule has 19 heavy (non-hydrogen) atoms. The van der Waals surface area contributed by atoms with Gasteiger partial charge in [-0.2, -0.15) is 5.10 Å². The van der Waals surface area contributed by atoms with Crippen LogP contribution >= 0.6 is 15.9 Å². The SMILES string of the molecule is CC(NC(=O)c1nn(C)cc1Br)C1CC2CCC1C2. The summed E-state index contributed by atoms with van der Waals surface area (Å²) >= 11 is 3.38. The molecule has 2 aliphatic carbocycles. The summed E-state index contributed by atoms with van der Waals surface area (Å²) < 4.78 is 2.41. The van der Waals surface area contributed by atoms with Crippen LogP contribution in [0.4, 0.5) is 0 Å². The van der Waals surface area contributed by atoms with Gasteiger partial charge in [0.1, 0.15) is 0 Å². The van der Waals surface area contributed by atoms with Gasteiger partial charge in [0.2, 0.25) is 0 Å². The van der Waals surface area contributed by atoms with E-state index in [1.54, 1.807) is 10.9 Å². The molecule has 0 radical (unpaired) electrons. The number of nitrogens with one attached hydrogen (secondary N) is 1. The lowest BCUT2D eigenvalue weighted by molar-refractivity contribution is 0.0908. The number of hydrogen-bond donors (Lipinski definition) is 1. The number of nitrogens with zero attached hydrogens (tertiary/aromatic N) is 2. The highest BCUT2D eigenvalue weighted by Crippen LogP contribution is 2.49. The number of aryl methyl sites for hydroxylation is 1. The van der Waals surface area contributed by atoms with Crippen LogP contribution in [0.5, 0.6) is 0 Å². The van der Waals surface area contributed by atoms with Crippen LogP contribution in [-0.4, -0.2) is 21.7 Å². The van der Waals surface area contributed by atoms with Gasteiger partial charge in [0.15, 0.2) is 5.69 Å². The number of fused-ring (bicyclic) bond motifs is 2. The van der Waals surface area contributed by atoms with Crippen LogP contribution in [0.25, 0.3) is 0 Å². The van der Waals surface area contributed by atoms with E-state index in [2.05, 4.69) is 33.3 Å². The molecule has 0 aromatic carbocycles. The van der Waals surface area contributed by atoms with Gasteiger partial charge >= 0.3 is 0 Å². The van der Waals surface area contributed by atoms with E-state index in [1.807, 2.05) is 7.05 Å². The van der Waals surface area contributed by atoms with Gasteiger partial charge < -0.3 is 5.32 Å². The third-order valence-corrected chi connectivity index (χ3v) is 5.37. The zero-order chi connectivity index (χ0) is 13.6. The number of carbonyl (C=O) groups excluding carboxylic acids is 1. The highest BCUT2D eigenvalue weighted by atomic mass is 79.9. The Bertz CT molecular complexity index is 499. The molecule has 3 rings (SSSR count). The molecule has 104 valence electrons. The molecule has 1 heterocycles. The Hall–Kier alpha value is -0.840. The lowest BCUT2D eigenvalue weighted by atomic mass is 9.84. The highest BCUT2D eigenvalue weighted by Gasteiger charge is 2.42. The average Bonchev–Trinajstić information content (AvgIpc) is 3.03. The van der Waals surface area contributed by atoms with Gasteiger partial charge in [-0.25, -0.2) is 0 Å². The number of amides is 1. The Labute approximate surface area is 122 Å². The maximum atomic E-state index is 12.2. The van der Waals surface area contributed by atoms with Gasteiger partial charge in [0.25, 0.3) is 5.91 Å². The zero-order valence-corrected chi connectivity index (χ0v) is 13.0. The lowest BCUT2D eigenvalue weighted by Gasteiger charge is -2.28. The lowest BCUT2D eigenvalue weighted by Crippen LogP contribution is -2.40. The van der Waals surface area contributed by atoms with Crippen molar-refractivity contribution < 1.29 is 4.79 Å². The van der Waals surface area contributed by atoms with Crippen LogP contribution in [0.2, 0.25) is 0 Å². The summed E-state index contributed by atoms with van der Waals surface area (Å²) in [5.41, 5.74) is 0.484. The van der Waals surface area contributed by atoms with Crippen molar-refractivity contribution in [1.29, 1.82) is 0 Å². The molecule has 0 spiro atoms. The Morgan fingerprint density at radius 2 is 2.32 bits per heavy atom. The predicted octanol–water partition coefficient (Wildman–Crippen LogP) is 2.74. The number of hydrogen-bond acceptors (Lipinski definition) is 2. The van der Waals surface area contributed by atoms with E-state index in [9.17, 15) is 4.79 Å². The van der Waals surface area contributed by atoms with E-state index in [0.717, 1.165) is 16.3 Å². The van der Waals surface area contributed by atoms with Gasteiger partial charge in [-0.3, -0.25) is 9.48 Å². The number of carbonyl (C=O) groups is 1. The second kappa shape index (κ2) is 4.93. The van der Waals surface area contributed by atoms with Crippen molar-refractivity contribution in [2.75, 3.05) is 0 Å². The summed E-state index contributed by atoms with van der Waals surface area (Å²) in [6, 6.07) is 0.247. The van der Waals surface area contributed by atoms with Crippen molar-refractivity contribution in [3.63, 3.8) is 0 Å². The fraction of sp³-hybridized carbons (Fsp3) is 0.714. The molecule has 1 aromatic rings. The fourth-order valence-electron chi connectivity index (χ4n) is 3.90. The molecule has 0 saturated heterocycles. The van der Waals surface area contributed by atoms with Crippen molar-refractivity contribution in [2.45, 2.75) is 38.6 Å². The molecule has 2 saturated carbocycles. The van der Waals surface area contributed by atoms with Crippen LogP contribution < -0.4 is 5.32 Å². The molecule has 2 bridgehead atoms. The molecule has 1 aromatic heterocycles. The summed E-state index contributed by atoms with van der Waals surface area (Å²) in [5.74, 6) is 2.33. The molecule has 1 N–H and O–H groups in total. The van der Waals surface area contributed by atoms with Crippen molar-refractivity contribution in [3.8, 4) is 0 Å². The Morgan fingerprint density at radius 1 is 1.53 bits per heavy atom. The van der Waals surface area contributed by atoms with E-state index in [0.29, 0.717) is 11.6 Å². The van der Waals surface area contributed by atoms with Gasteiger partial charge in [-0.05, 0) is 59.9 Å². The van der Waals surface area contributed by atoms with E-state index in [1.165, 1.54) is 25.7 Å². The minimum Gasteiger partial charge on any atom is -0.348 e. The largest absolute Gasteiger partial charge is 0.348 e. The molecular formula is C14H20BrN3O. The minimum atomic E-state index is -0.0669. The van der Waals surface area contributed by atoms with Crippen molar-refractivity contribution >= 4 is 21.8 Å². The Kier molecular flexibility index (Phi) is 3.41. The summed E-state index contributed by atoms with van der Waals surface area (Å²) in [7, 11) is 1.82. The summed E-state index contributed by atoms with van der Waals surface area (Å²) in [5, 5.41) is 7.33. The van der Waals surface area contributed by atoms with Crippen LogP contribution in [0, 0.1) is 17.8 Å². The van der Waals surface area contributed by atoms with Crippen LogP contribution in [0.15, 0.2) is 10.7 Å². The van der Waals surface area contributed by atoms with Gasteiger partial charge in [0.05, 0.1) is 4.47 Å². The summed E-state index contributed by atoms with van der Waals surface area (Å²) in [6.45, 7) is 2.14. The minimum absolute atomic E-state index is 0.0669. The van der Waals surface area contributed by atoms with Gasteiger partial charge in [-0.1, -0.05) is 6.42 Å². The van der Waals surface area contributed by atoms with E-state index < -0.39 is 0 Å². The first-order valence-corrected chi connectivity index (χ1v) is 7.84. The normalized spacial score (nSPS) is 30.6. The number of halogens is 1. The predicted molar refractivity (Wildman–Crippen MR) is 76.8 cm³/mol.